The van der Waals surface area contributed by atoms with Crippen LogP contribution in [0.4, 0.5) is 0 Å². The third kappa shape index (κ3) is 20.2. The molecule has 77 heavy (non-hydrogen) atoms. The van der Waals surface area contributed by atoms with Gasteiger partial charge in [0.05, 0.1) is 30.7 Å². The van der Waals surface area contributed by atoms with E-state index < -0.39 is 30.1 Å². The van der Waals surface area contributed by atoms with Gasteiger partial charge in [-0.2, -0.15) is 10.2 Å². The summed E-state index contributed by atoms with van der Waals surface area (Å²) in [7, 11) is 0. The van der Waals surface area contributed by atoms with Crippen molar-refractivity contribution in [2.24, 2.45) is 0 Å². The normalized spacial score (nSPS) is 10.3. The van der Waals surface area contributed by atoms with Crippen molar-refractivity contribution in [2.75, 3.05) is 19.1 Å². The third-order valence-electron chi connectivity index (χ3n) is 10.7. The Labute approximate surface area is 464 Å². The third-order valence-corrected chi connectivity index (χ3v) is 11.7. The van der Waals surface area contributed by atoms with E-state index in [-0.39, 0.29) is 30.3 Å². The van der Waals surface area contributed by atoms with E-state index >= 15 is 0 Å². The lowest BCUT2D eigenvalue weighted by atomic mass is 10.0. The van der Waals surface area contributed by atoms with E-state index in [2.05, 4.69) is 14.9 Å². The predicted octanol–water partition coefficient (Wildman–Crippen LogP) is 11.7. The van der Waals surface area contributed by atoms with Crippen molar-refractivity contribution in [3.63, 3.8) is 0 Å². The Bertz CT molecular complexity index is 3380. The molecule has 0 saturated heterocycles. The van der Waals surface area contributed by atoms with Crippen molar-refractivity contribution in [3.05, 3.63) is 235 Å². The summed E-state index contributed by atoms with van der Waals surface area (Å²) in [6.45, 7) is 5.41. The molecule has 15 nitrogen and oxygen atoms in total. The summed E-state index contributed by atoms with van der Waals surface area (Å²) < 4.78 is 14.4. The summed E-state index contributed by atoms with van der Waals surface area (Å²) >= 11 is 23.2. The second-order valence-electron chi connectivity index (χ2n) is 16.7. The number of carboxylic acids is 1. The van der Waals surface area contributed by atoms with Crippen LogP contribution in [0.5, 0.6) is 0 Å². The SMILES string of the molecule is CC(=O)Cc1ccc(Cl)cc1.CCOC(=O)C(=O)CC(=O)Cc1ccc(Cl)cc1.CCOC(=O)c1cc(Cc2ccc(Cl)cc2)c2cccn2n1.Nn1cccc1.O=C(O)c1cc(Cc2ccc(Cl)cc2)c2cccn2n1. The molecule has 0 spiro atoms. The van der Waals surface area contributed by atoms with Crippen molar-refractivity contribution in [3.8, 4) is 0 Å². The number of ketones is 3. The highest BCUT2D eigenvalue weighted by Gasteiger charge is 2.19. The number of nitrogen functional groups attached to an aromatic ring is 1. The van der Waals surface area contributed by atoms with E-state index in [1.54, 1.807) is 96.9 Å². The molecule has 0 aliphatic heterocycles. The minimum absolute atomic E-state index is 0.0395. The van der Waals surface area contributed by atoms with Crippen LogP contribution in [0, 0.1) is 0 Å². The number of ether oxygens (including phenoxy) is 2. The molecule has 0 aliphatic carbocycles. The van der Waals surface area contributed by atoms with Crippen LogP contribution in [0.15, 0.2) is 170 Å². The number of halogens is 4. The van der Waals surface area contributed by atoms with Crippen LogP contribution in [-0.2, 0) is 54.3 Å². The van der Waals surface area contributed by atoms with E-state index in [1.807, 2.05) is 103 Å². The number of rotatable bonds is 15. The fraction of sp³-hybridized carbons (Fsp3) is 0.172. The number of esters is 2. The molecule has 0 amide bonds. The van der Waals surface area contributed by atoms with E-state index in [4.69, 9.17) is 62.1 Å². The number of carbonyl (C=O) groups excluding carboxylic acids is 5. The molecule has 9 rings (SSSR count). The molecule has 0 atom stereocenters. The number of carboxylic acid groups (broad SMARTS) is 1. The van der Waals surface area contributed by atoms with Gasteiger partial charge >= 0.3 is 17.9 Å². The monoisotopic (exact) mass is 1120 g/mol. The maximum absolute atomic E-state index is 11.9. The number of aromatic carboxylic acids is 1. The summed E-state index contributed by atoms with van der Waals surface area (Å²) in [5.74, 6) is 1.84. The summed E-state index contributed by atoms with van der Waals surface area (Å²) in [5, 5.41) is 20.1. The highest BCUT2D eigenvalue weighted by molar-refractivity contribution is 6.37. The van der Waals surface area contributed by atoms with Gasteiger partial charge in [0.25, 0.3) is 0 Å². The Morgan fingerprint density at radius 1 is 0.532 bits per heavy atom. The number of fused-ring (bicyclic) bond motifs is 2. The highest BCUT2D eigenvalue weighted by atomic mass is 35.5. The molecule has 19 heteroatoms. The summed E-state index contributed by atoms with van der Waals surface area (Å²) in [5.41, 5.74) is 8.13. The Balaban J connectivity index is 0.000000186. The van der Waals surface area contributed by atoms with Gasteiger partial charge in [0.15, 0.2) is 11.4 Å². The minimum atomic E-state index is -1.03. The fourth-order valence-corrected chi connectivity index (χ4v) is 7.63. The van der Waals surface area contributed by atoms with Crippen molar-refractivity contribution in [1.82, 2.24) is 23.9 Å². The van der Waals surface area contributed by atoms with Gasteiger partial charge in [0, 0.05) is 57.7 Å². The molecule has 9 aromatic rings. The summed E-state index contributed by atoms with van der Waals surface area (Å²) in [6, 6.07) is 44.1. The number of hydrogen-bond acceptors (Lipinski definition) is 11. The zero-order valence-corrected chi connectivity index (χ0v) is 45.2. The molecule has 0 aliphatic rings. The van der Waals surface area contributed by atoms with E-state index in [0.29, 0.717) is 51.7 Å². The number of Topliss-reactive ketones (excluding diaryl/α,β-unsaturated/α-hetero) is 3. The number of benzene rings is 4. The van der Waals surface area contributed by atoms with E-state index in [9.17, 15) is 28.8 Å². The van der Waals surface area contributed by atoms with Gasteiger partial charge in [-0.15, -0.1) is 0 Å². The average Bonchev–Trinajstić information content (AvgIpc) is 4.22. The van der Waals surface area contributed by atoms with Crippen LogP contribution in [0.25, 0.3) is 11.0 Å². The van der Waals surface area contributed by atoms with Crippen LogP contribution >= 0.6 is 46.4 Å². The molecule has 0 bridgehead atoms. The van der Waals surface area contributed by atoms with Crippen LogP contribution in [0.1, 0.15) is 81.5 Å². The highest BCUT2D eigenvalue weighted by Crippen LogP contribution is 2.21. The first-order chi connectivity index (χ1) is 36.9. The van der Waals surface area contributed by atoms with Gasteiger partial charge in [0.1, 0.15) is 11.6 Å². The molecule has 0 saturated carbocycles. The van der Waals surface area contributed by atoms with E-state index in [1.165, 1.54) is 4.68 Å². The first-order valence-corrected chi connectivity index (χ1v) is 25.3. The maximum Gasteiger partial charge on any atom is 0.375 e. The maximum atomic E-state index is 11.9. The van der Waals surface area contributed by atoms with Crippen LogP contribution in [0.3, 0.4) is 0 Å². The lowest BCUT2D eigenvalue weighted by molar-refractivity contribution is -0.154. The molecule has 0 fully saturated rings. The lowest BCUT2D eigenvalue weighted by Crippen LogP contribution is -2.21. The lowest BCUT2D eigenvalue weighted by Gasteiger charge is -2.08. The van der Waals surface area contributed by atoms with Gasteiger partial charge in [-0.05, 0) is 164 Å². The van der Waals surface area contributed by atoms with Gasteiger partial charge in [0.2, 0.25) is 5.78 Å². The molecule has 5 heterocycles. The van der Waals surface area contributed by atoms with Crippen molar-refractivity contribution >= 4 is 92.7 Å². The smallest absolute Gasteiger partial charge is 0.375 e. The Kier molecular flexibility index (Phi) is 23.7. The van der Waals surface area contributed by atoms with Gasteiger partial charge < -0.3 is 20.4 Å². The largest absolute Gasteiger partial charge is 0.476 e. The second-order valence-corrected chi connectivity index (χ2v) is 18.5. The number of nitrogens with zero attached hydrogens (tertiary/aromatic N) is 5. The minimum Gasteiger partial charge on any atom is -0.476 e. The van der Waals surface area contributed by atoms with E-state index in [0.717, 1.165) is 44.4 Å². The molecule has 3 N–H and O–H groups in total. The molecule has 0 radical (unpaired) electrons. The Hall–Kier alpha value is -8.08. The average molecular weight is 1120 g/mol. The fourth-order valence-electron chi connectivity index (χ4n) is 7.12. The number of hydrogen-bond donors (Lipinski definition) is 2. The molecule has 5 aromatic heterocycles. The second kappa shape index (κ2) is 30.5. The van der Waals surface area contributed by atoms with Crippen LogP contribution in [0.2, 0.25) is 20.1 Å². The predicted molar refractivity (Wildman–Crippen MR) is 299 cm³/mol. The standard InChI is InChI=1S/C17H15ClN2O2.C15H11ClN2O2.C13H13ClO4.C9H9ClO.C4H6N2/c1-2-22-17(21)15-11-13(16-4-3-9-20(16)19-15)10-12-5-7-14(18)8-6-12;16-12-5-3-10(4-6-12)8-11-9-13(15(19)20)17-18-7-1-2-14(11)18;1-2-18-13(17)12(16)8-11(15)7-9-3-5-10(14)6-4-9;1-7(11)6-8-2-4-9(10)5-3-8;5-6-3-1-2-4-6/h3-9,11H,2,10H2,1H3;1-7,9H,8H2,(H,19,20);3-6H,2,7-8H2,1H3;2-5H,6H2,1H3;1-4H,5H2. The zero-order valence-electron chi connectivity index (χ0n) is 42.2. The van der Waals surface area contributed by atoms with Gasteiger partial charge in [-0.25, -0.2) is 23.4 Å². The summed E-state index contributed by atoms with van der Waals surface area (Å²) in [6.07, 6.45) is 8.62. The number of carbonyl (C=O) groups is 6. The molecular formula is C58H54Cl4N6O9. The summed E-state index contributed by atoms with van der Waals surface area (Å²) in [4.78, 5) is 67.6. The quantitative estimate of drug-likeness (QED) is 0.0426. The Morgan fingerprint density at radius 3 is 1.32 bits per heavy atom. The molecular weight excluding hydrogens is 1070 g/mol. The zero-order chi connectivity index (χ0) is 55.9. The van der Waals surface area contributed by atoms with Gasteiger partial charge in [-0.1, -0.05) is 94.9 Å². The topological polar surface area (TPSA) is 207 Å². The van der Waals surface area contributed by atoms with Crippen LogP contribution in [-0.4, -0.2) is 77.5 Å². The van der Waals surface area contributed by atoms with Crippen molar-refractivity contribution in [2.45, 2.75) is 52.9 Å². The van der Waals surface area contributed by atoms with Crippen LogP contribution < -0.4 is 5.84 Å². The van der Waals surface area contributed by atoms with Crippen molar-refractivity contribution < 1.29 is 43.3 Å². The first-order valence-electron chi connectivity index (χ1n) is 23.8. The van der Waals surface area contributed by atoms with Gasteiger partial charge in [-0.3, -0.25) is 19.1 Å². The first kappa shape index (κ1) is 59.8. The molecule has 4 aromatic carbocycles. The Morgan fingerprint density at radius 2 is 0.935 bits per heavy atom. The molecule has 398 valence electrons. The molecule has 0 unspecified atom stereocenters. The van der Waals surface area contributed by atoms with Crippen molar-refractivity contribution in [1.29, 1.82) is 0 Å². The number of nitrogens with two attached hydrogens (primary N) is 1. The number of aromatic nitrogens is 5.